The number of nitrogens with zero attached hydrogens (tertiary/aromatic N) is 2. The summed E-state index contributed by atoms with van der Waals surface area (Å²) in [5.74, 6) is -3.85. The van der Waals surface area contributed by atoms with E-state index in [9.17, 15) is 19.5 Å². The van der Waals surface area contributed by atoms with Crippen LogP contribution in [-0.4, -0.2) is 87.1 Å². The van der Waals surface area contributed by atoms with Crippen LogP contribution in [0.4, 0.5) is 0 Å². The maximum Gasteiger partial charge on any atom is 0.313 e. The molecule has 10 nitrogen and oxygen atoms in total. The summed E-state index contributed by atoms with van der Waals surface area (Å²) >= 11 is 3.64. The first-order valence-corrected chi connectivity index (χ1v) is 18.8. The highest BCUT2D eigenvalue weighted by Crippen LogP contribution is 2.60. The Kier molecular flexibility index (Phi) is 11.1. The van der Waals surface area contributed by atoms with Gasteiger partial charge in [0, 0.05) is 23.0 Å². The Bertz CT molecular complexity index is 1520. The van der Waals surface area contributed by atoms with E-state index >= 15 is 4.79 Å². The summed E-state index contributed by atoms with van der Waals surface area (Å²) in [6.45, 7) is 16.1. The molecule has 5 rings (SSSR count). The summed E-state index contributed by atoms with van der Waals surface area (Å²) in [5, 5.41) is 13.8. The van der Waals surface area contributed by atoms with Crippen LogP contribution in [0, 0.1) is 23.2 Å². The fraction of sp³-hybridized carbons (Fsp3) is 0.641. The summed E-state index contributed by atoms with van der Waals surface area (Å²) in [6, 6.07) is 6.80. The summed E-state index contributed by atoms with van der Waals surface area (Å²) in [7, 11) is 0. The first-order valence-electron chi connectivity index (χ1n) is 18.0. The van der Waals surface area contributed by atoms with Crippen LogP contribution in [0.25, 0.3) is 0 Å². The number of rotatable bonds is 7. The number of cyclic esters (lactones) is 1. The second kappa shape index (κ2) is 14.5. The number of hydrogen-bond acceptors (Lipinski definition) is 7. The minimum Gasteiger partial charge on any atom is -0.455 e. The van der Waals surface area contributed by atoms with Gasteiger partial charge in [-0.05, 0) is 56.6 Å². The van der Waals surface area contributed by atoms with E-state index < -0.39 is 65.2 Å². The number of amides is 3. The summed E-state index contributed by atoms with van der Waals surface area (Å²) < 4.78 is 13.6. The highest BCUT2D eigenvalue weighted by atomic mass is 79.9. The Hall–Kier alpha value is -3.02. The molecule has 1 aromatic carbocycles. The number of benzene rings is 1. The molecule has 4 heterocycles. The van der Waals surface area contributed by atoms with Crippen molar-refractivity contribution in [1.82, 2.24) is 15.1 Å². The zero-order valence-corrected chi connectivity index (χ0v) is 32.2. The molecule has 4 aliphatic heterocycles. The number of hydrogen-bond donors (Lipinski definition) is 2. The molecule has 3 amide bonds. The van der Waals surface area contributed by atoms with Crippen molar-refractivity contribution in [3.8, 4) is 0 Å². The highest BCUT2D eigenvalue weighted by molar-refractivity contribution is 9.11. The average Bonchev–Trinajstić information content (AvgIpc) is 3.63. The molecule has 11 heteroatoms. The first-order chi connectivity index (χ1) is 23.5. The zero-order chi connectivity index (χ0) is 36.8. The number of aliphatic hydroxyl groups is 1. The first kappa shape index (κ1) is 38.2. The number of carbonyl (C=O) groups excluding carboxylic acids is 4. The molecule has 4 aliphatic rings. The van der Waals surface area contributed by atoms with Gasteiger partial charge in [0.1, 0.15) is 29.8 Å². The molecule has 1 aromatic rings. The molecule has 50 heavy (non-hydrogen) atoms. The third kappa shape index (κ3) is 7.06. The lowest BCUT2D eigenvalue weighted by Gasteiger charge is -2.46. The largest absolute Gasteiger partial charge is 0.455 e. The number of esters is 1. The second-order valence-electron chi connectivity index (χ2n) is 16.3. The van der Waals surface area contributed by atoms with Crippen molar-refractivity contribution in [1.29, 1.82) is 0 Å². The molecule has 2 saturated heterocycles. The monoisotopic (exact) mass is 755 g/mol. The quantitative estimate of drug-likeness (QED) is 0.280. The van der Waals surface area contributed by atoms with Gasteiger partial charge < -0.3 is 29.7 Å². The van der Waals surface area contributed by atoms with Crippen molar-refractivity contribution < 1.29 is 33.8 Å². The maximum absolute atomic E-state index is 15.4. The lowest BCUT2D eigenvalue weighted by Crippen LogP contribution is -2.63. The zero-order valence-electron chi connectivity index (χ0n) is 30.6. The van der Waals surface area contributed by atoms with E-state index in [1.54, 1.807) is 17.9 Å². The van der Waals surface area contributed by atoms with Gasteiger partial charge in [-0.15, -0.1) is 0 Å². The van der Waals surface area contributed by atoms with E-state index in [2.05, 4.69) is 42.0 Å². The molecule has 0 unspecified atom stereocenters. The fourth-order valence-corrected chi connectivity index (χ4v) is 9.51. The van der Waals surface area contributed by atoms with E-state index in [4.69, 9.17) is 9.47 Å². The fourth-order valence-electron chi connectivity index (χ4n) is 8.77. The van der Waals surface area contributed by atoms with Gasteiger partial charge in [-0.3, -0.25) is 19.2 Å². The number of carbonyl (C=O) groups is 4. The minimum absolute atomic E-state index is 0.137. The van der Waals surface area contributed by atoms with Crippen molar-refractivity contribution in [3.63, 3.8) is 0 Å². The SMILES string of the molecule is CC[C@H](C)[C@H](CO)N1C(=O)[C@@H]2[C@H]3C(=O)O[C@@H](c4ccccc4)[C@H](C)NC(=O)CC/C=C\CN(C(C)(C)CC(C)(C)C)C(=O)[C@@H]1[C@]21C=C(Br)[C@H]3O1. The number of ether oxygens (including phenoxy) is 2. The molecule has 1 spiro atoms. The molecular weight excluding hydrogens is 702 g/mol. The molecular formula is C39H54BrN3O7. The highest BCUT2D eigenvalue weighted by Gasteiger charge is 2.76. The van der Waals surface area contributed by atoms with Crippen molar-refractivity contribution in [2.24, 2.45) is 23.2 Å². The molecule has 2 fully saturated rings. The number of fused-ring (bicyclic) bond motifs is 2. The Morgan fingerprint density at radius 1 is 1.04 bits per heavy atom. The van der Waals surface area contributed by atoms with Crippen molar-refractivity contribution in [3.05, 3.63) is 58.6 Å². The standard InChI is InChI=1S/C39H54BrN3O7/c1-9-23(2)27(21-44)43-33-35(47)42(38(7,8)22-37(4,5)6)19-15-11-14-18-28(45)41-24(3)31(25-16-12-10-13-17-25)49-36(48)29-30(34(43)46)39(33)20-26(40)32(29)50-39/h10-13,15-17,20,23-24,27,29-33,44H,9,14,18-19,21-22H2,1-8H3,(H,41,45)/b15-11-/t23-,24-,27-,29+,30-,31+,32+,33+,39-/m0/s1. The smallest absolute Gasteiger partial charge is 0.313 e. The molecule has 2 N–H and O–H groups in total. The van der Waals surface area contributed by atoms with Gasteiger partial charge in [-0.25, -0.2) is 0 Å². The predicted octanol–water partition coefficient (Wildman–Crippen LogP) is 5.45. The van der Waals surface area contributed by atoms with E-state index in [1.165, 1.54) is 4.90 Å². The summed E-state index contributed by atoms with van der Waals surface area (Å²) in [4.78, 5) is 61.2. The number of nitrogens with one attached hydrogen (secondary N) is 1. The number of allylic oxidation sites excluding steroid dienone is 1. The van der Waals surface area contributed by atoms with Gasteiger partial charge in [0.05, 0.1) is 24.6 Å². The molecule has 0 aliphatic carbocycles. The van der Waals surface area contributed by atoms with E-state index in [1.807, 2.05) is 70.2 Å². The normalized spacial score (nSPS) is 32.7. The average molecular weight is 757 g/mol. The van der Waals surface area contributed by atoms with Crippen LogP contribution >= 0.6 is 15.9 Å². The Morgan fingerprint density at radius 2 is 1.72 bits per heavy atom. The van der Waals surface area contributed by atoms with Gasteiger partial charge in [-0.2, -0.15) is 0 Å². The van der Waals surface area contributed by atoms with Gasteiger partial charge in [0.15, 0.2) is 0 Å². The number of likely N-dealkylation sites (tertiary alicyclic amines) is 1. The minimum atomic E-state index is -1.47. The van der Waals surface area contributed by atoms with E-state index in [0.29, 0.717) is 29.3 Å². The van der Waals surface area contributed by atoms with Crippen molar-refractivity contribution in [2.75, 3.05) is 13.2 Å². The van der Waals surface area contributed by atoms with Gasteiger partial charge >= 0.3 is 5.97 Å². The van der Waals surface area contributed by atoms with Crippen LogP contribution in [0.5, 0.6) is 0 Å². The van der Waals surface area contributed by atoms with Crippen molar-refractivity contribution >= 4 is 39.6 Å². The van der Waals surface area contributed by atoms with E-state index in [-0.39, 0.29) is 42.7 Å². The Morgan fingerprint density at radius 3 is 2.34 bits per heavy atom. The van der Waals surface area contributed by atoms with Gasteiger partial charge in [0.2, 0.25) is 17.7 Å². The molecule has 5 bridgehead atoms. The van der Waals surface area contributed by atoms with Gasteiger partial charge in [-0.1, -0.05) is 99.5 Å². The van der Waals surface area contributed by atoms with Crippen LogP contribution in [0.1, 0.15) is 92.7 Å². The molecule has 0 aromatic heterocycles. The maximum atomic E-state index is 15.4. The van der Waals surface area contributed by atoms with Crippen LogP contribution < -0.4 is 5.32 Å². The lowest BCUT2D eigenvalue weighted by atomic mass is 9.74. The lowest BCUT2D eigenvalue weighted by molar-refractivity contribution is -0.162. The Balaban J connectivity index is 1.69. The molecule has 9 atom stereocenters. The molecule has 274 valence electrons. The van der Waals surface area contributed by atoms with Gasteiger partial charge in [0.25, 0.3) is 0 Å². The Labute approximate surface area is 305 Å². The molecule has 0 radical (unpaired) electrons. The van der Waals surface area contributed by atoms with Crippen LogP contribution in [0.2, 0.25) is 0 Å². The topological polar surface area (TPSA) is 125 Å². The van der Waals surface area contributed by atoms with Crippen LogP contribution in [0.15, 0.2) is 53.0 Å². The number of halogens is 1. The van der Waals surface area contributed by atoms with E-state index in [0.717, 1.165) is 0 Å². The predicted molar refractivity (Wildman–Crippen MR) is 194 cm³/mol. The third-order valence-electron chi connectivity index (χ3n) is 10.9. The second-order valence-corrected chi connectivity index (χ2v) is 17.3. The summed E-state index contributed by atoms with van der Waals surface area (Å²) in [6.07, 6.45) is 5.90. The van der Waals surface area contributed by atoms with Crippen LogP contribution in [-0.2, 0) is 28.7 Å². The van der Waals surface area contributed by atoms with Crippen molar-refractivity contribution in [2.45, 2.75) is 123 Å². The third-order valence-corrected chi connectivity index (χ3v) is 11.6. The van der Waals surface area contributed by atoms with Crippen LogP contribution in [0.3, 0.4) is 0 Å². The molecule has 0 saturated carbocycles. The number of aliphatic hydroxyl groups excluding tert-OH is 1. The summed E-state index contributed by atoms with van der Waals surface area (Å²) in [5.41, 5.74) is -1.58.